The summed E-state index contributed by atoms with van der Waals surface area (Å²) in [6, 6.07) is 9.82. The van der Waals surface area contributed by atoms with Crippen molar-refractivity contribution in [3.8, 4) is 0 Å². The topological polar surface area (TPSA) is 17.0 Å². The van der Waals surface area contributed by atoms with E-state index in [0.29, 0.717) is 0 Å². The van der Waals surface area contributed by atoms with Crippen LogP contribution in [0.25, 0.3) is 10.9 Å². The molecule has 2 nitrogen and oxygen atoms in total. The van der Waals surface area contributed by atoms with Crippen LogP contribution >= 0.6 is 0 Å². The lowest BCUT2D eigenvalue weighted by Gasteiger charge is -2.08. The summed E-state index contributed by atoms with van der Waals surface area (Å²) in [6.07, 6.45) is 11.7. The average molecular weight is 284 g/mol. The molecule has 1 aromatic heterocycles. The number of fused-ring (bicyclic) bond motifs is 1. The molecule has 3 rings (SSSR count). The Hall–Kier alpha value is -1.28. The molecule has 2 aromatic rings. The van der Waals surface area contributed by atoms with Gasteiger partial charge >= 0.3 is 0 Å². The first kappa shape index (κ1) is 14.6. The fourth-order valence-electron chi connectivity index (χ4n) is 3.06. The molecule has 0 bridgehead atoms. The van der Waals surface area contributed by atoms with Gasteiger partial charge in [-0.3, -0.25) is 0 Å². The summed E-state index contributed by atoms with van der Waals surface area (Å²) < 4.78 is 2.43. The van der Waals surface area contributed by atoms with Crippen molar-refractivity contribution in [3.63, 3.8) is 0 Å². The first-order valence-corrected chi connectivity index (χ1v) is 8.68. The zero-order valence-electron chi connectivity index (χ0n) is 13.3. The van der Waals surface area contributed by atoms with E-state index < -0.39 is 0 Å². The molecule has 1 fully saturated rings. The summed E-state index contributed by atoms with van der Waals surface area (Å²) in [5, 5.41) is 5.06. The van der Waals surface area contributed by atoms with Crippen molar-refractivity contribution >= 4 is 10.9 Å². The predicted molar refractivity (Wildman–Crippen MR) is 90.6 cm³/mol. The lowest BCUT2D eigenvalue weighted by molar-refractivity contribution is 0.577. The third kappa shape index (κ3) is 3.88. The molecule has 0 atom stereocenters. The third-order valence-electron chi connectivity index (χ3n) is 4.57. The molecular formula is C19H28N2. The van der Waals surface area contributed by atoms with Gasteiger partial charge in [-0.25, -0.2) is 0 Å². The zero-order chi connectivity index (χ0) is 14.5. The van der Waals surface area contributed by atoms with Gasteiger partial charge in [0.25, 0.3) is 0 Å². The minimum Gasteiger partial charge on any atom is -0.347 e. The molecule has 1 aromatic carbocycles. The highest BCUT2D eigenvalue weighted by atomic mass is 15.0. The molecule has 114 valence electrons. The number of benzene rings is 1. The van der Waals surface area contributed by atoms with Crippen molar-refractivity contribution in [3.05, 3.63) is 36.0 Å². The highest BCUT2D eigenvalue weighted by Gasteiger charge is 2.20. The van der Waals surface area contributed by atoms with Gasteiger partial charge in [0, 0.05) is 36.2 Å². The minimum atomic E-state index is 0.779. The molecule has 21 heavy (non-hydrogen) atoms. The zero-order valence-corrected chi connectivity index (χ0v) is 13.3. The van der Waals surface area contributed by atoms with Crippen LogP contribution in [0.1, 0.15) is 57.4 Å². The summed E-state index contributed by atoms with van der Waals surface area (Å²) in [5.74, 6) is 0. The van der Waals surface area contributed by atoms with Crippen LogP contribution in [0.15, 0.2) is 30.5 Å². The molecule has 1 aliphatic carbocycles. The maximum absolute atomic E-state index is 3.63. The summed E-state index contributed by atoms with van der Waals surface area (Å²) in [7, 11) is 0. The van der Waals surface area contributed by atoms with Gasteiger partial charge in [0.05, 0.1) is 0 Å². The van der Waals surface area contributed by atoms with Crippen LogP contribution < -0.4 is 5.32 Å². The van der Waals surface area contributed by atoms with Crippen LogP contribution in [-0.4, -0.2) is 10.6 Å². The van der Waals surface area contributed by atoms with Crippen LogP contribution in [0.5, 0.6) is 0 Å². The largest absolute Gasteiger partial charge is 0.347 e. The molecule has 1 N–H and O–H groups in total. The van der Waals surface area contributed by atoms with Crippen LogP contribution in [0.2, 0.25) is 0 Å². The summed E-state index contributed by atoms with van der Waals surface area (Å²) in [6.45, 7) is 4.45. The Morgan fingerprint density at radius 3 is 2.76 bits per heavy atom. The molecule has 0 spiro atoms. The van der Waals surface area contributed by atoms with Crippen LogP contribution in [-0.2, 0) is 13.1 Å². The molecular weight excluding hydrogens is 256 g/mol. The fourth-order valence-corrected chi connectivity index (χ4v) is 3.06. The second-order valence-corrected chi connectivity index (χ2v) is 6.43. The minimum absolute atomic E-state index is 0.779. The Labute approximate surface area is 128 Å². The van der Waals surface area contributed by atoms with Crippen molar-refractivity contribution in [2.45, 2.75) is 71.0 Å². The van der Waals surface area contributed by atoms with E-state index >= 15 is 0 Å². The van der Waals surface area contributed by atoms with Gasteiger partial charge in [0.2, 0.25) is 0 Å². The predicted octanol–water partition coefficient (Wildman–Crippen LogP) is 4.86. The van der Waals surface area contributed by atoms with Gasteiger partial charge in [-0.05, 0) is 37.0 Å². The standard InChI is InChI=1S/C19H28N2/c1-2-3-4-5-6-13-21-14-12-18-16(8-7-9-19(18)21)15-20-17-10-11-17/h7-9,12,14,17,20H,2-6,10-11,13,15H2,1H3. The molecule has 0 aliphatic heterocycles. The van der Waals surface area contributed by atoms with Gasteiger partial charge in [-0.1, -0.05) is 44.7 Å². The Morgan fingerprint density at radius 1 is 1.10 bits per heavy atom. The number of aromatic nitrogens is 1. The molecule has 1 saturated carbocycles. The molecule has 0 saturated heterocycles. The number of hydrogen-bond donors (Lipinski definition) is 1. The lowest BCUT2D eigenvalue weighted by Crippen LogP contribution is -2.15. The van der Waals surface area contributed by atoms with Gasteiger partial charge in [-0.15, -0.1) is 0 Å². The Bertz CT molecular complexity index is 566. The average Bonchev–Trinajstić information content (AvgIpc) is 3.25. The van der Waals surface area contributed by atoms with Crippen LogP contribution in [0, 0.1) is 0 Å². The summed E-state index contributed by atoms with van der Waals surface area (Å²) >= 11 is 0. The quantitative estimate of drug-likeness (QED) is 0.650. The van der Waals surface area contributed by atoms with Gasteiger partial charge in [0.1, 0.15) is 0 Å². The number of hydrogen-bond acceptors (Lipinski definition) is 1. The number of rotatable bonds is 9. The van der Waals surface area contributed by atoms with Crippen molar-refractivity contribution in [2.75, 3.05) is 0 Å². The van der Waals surface area contributed by atoms with Crippen LogP contribution in [0.4, 0.5) is 0 Å². The number of aryl methyl sites for hydroxylation is 1. The monoisotopic (exact) mass is 284 g/mol. The Morgan fingerprint density at radius 2 is 1.95 bits per heavy atom. The summed E-state index contributed by atoms with van der Waals surface area (Å²) in [4.78, 5) is 0. The molecule has 2 heteroatoms. The van der Waals surface area contributed by atoms with E-state index in [-0.39, 0.29) is 0 Å². The van der Waals surface area contributed by atoms with Crippen molar-refractivity contribution in [2.24, 2.45) is 0 Å². The third-order valence-corrected chi connectivity index (χ3v) is 4.57. The molecule has 1 heterocycles. The molecule has 0 unspecified atom stereocenters. The molecule has 1 aliphatic rings. The Balaban J connectivity index is 1.62. The second-order valence-electron chi connectivity index (χ2n) is 6.43. The summed E-state index contributed by atoms with van der Waals surface area (Å²) in [5.41, 5.74) is 2.85. The van der Waals surface area contributed by atoms with Crippen molar-refractivity contribution < 1.29 is 0 Å². The van der Waals surface area contributed by atoms with E-state index in [2.05, 4.69) is 47.3 Å². The maximum atomic E-state index is 3.63. The first-order chi connectivity index (χ1) is 10.4. The SMILES string of the molecule is CCCCCCCn1ccc2c(CNC3CC3)cccc21. The van der Waals surface area contributed by atoms with Gasteiger partial charge in [0.15, 0.2) is 0 Å². The van der Waals surface area contributed by atoms with E-state index in [1.165, 1.54) is 61.4 Å². The van der Waals surface area contributed by atoms with Gasteiger partial charge < -0.3 is 9.88 Å². The smallest absolute Gasteiger partial charge is 0.0483 e. The normalized spacial score (nSPS) is 14.9. The molecule has 0 radical (unpaired) electrons. The van der Waals surface area contributed by atoms with E-state index in [1.54, 1.807) is 0 Å². The van der Waals surface area contributed by atoms with E-state index in [4.69, 9.17) is 0 Å². The van der Waals surface area contributed by atoms with Crippen molar-refractivity contribution in [1.82, 2.24) is 9.88 Å². The number of unbranched alkanes of at least 4 members (excludes halogenated alkanes) is 4. The maximum Gasteiger partial charge on any atom is 0.0483 e. The molecule has 0 amide bonds. The Kier molecular flexibility index (Phi) is 4.97. The van der Waals surface area contributed by atoms with E-state index in [1.807, 2.05) is 0 Å². The highest BCUT2D eigenvalue weighted by Crippen LogP contribution is 2.23. The highest BCUT2D eigenvalue weighted by molar-refractivity contribution is 5.83. The lowest BCUT2D eigenvalue weighted by atomic mass is 10.1. The fraction of sp³-hybridized carbons (Fsp3) is 0.579. The van der Waals surface area contributed by atoms with E-state index in [0.717, 1.165) is 19.1 Å². The van der Waals surface area contributed by atoms with Gasteiger partial charge in [-0.2, -0.15) is 0 Å². The van der Waals surface area contributed by atoms with Crippen LogP contribution in [0.3, 0.4) is 0 Å². The van der Waals surface area contributed by atoms with E-state index in [9.17, 15) is 0 Å². The van der Waals surface area contributed by atoms with Crippen molar-refractivity contribution in [1.29, 1.82) is 0 Å². The number of nitrogens with zero attached hydrogens (tertiary/aromatic N) is 1. The first-order valence-electron chi connectivity index (χ1n) is 8.68. The second kappa shape index (κ2) is 7.13. The number of nitrogens with one attached hydrogen (secondary N) is 1.